The van der Waals surface area contributed by atoms with Gasteiger partial charge in [-0.2, -0.15) is 0 Å². The van der Waals surface area contributed by atoms with E-state index in [4.69, 9.17) is 26.8 Å². The Kier molecular flexibility index (Phi) is 5.08. The standard InChI is InChI=1S/C16H20ClN3O2/c1-9(2)12-7-14(22-4)13(21-3)6-10(12)5-11-8-19-16(18)20-15(11)17/h6-9H,5H2,1-4H3,(H2,18,19,20). The van der Waals surface area contributed by atoms with E-state index in [2.05, 4.69) is 23.8 Å². The van der Waals surface area contributed by atoms with Crippen LogP contribution < -0.4 is 15.2 Å². The molecule has 0 atom stereocenters. The SMILES string of the molecule is COc1cc(Cc2cnc(N)nc2Cl)c(C(C)C)cc1OC. The van der Waals surface area contributed by atoms with Crippen molar-refractivity contribution in [1.29, 1.82) is 0 Å². The van der Waals surface area contributed by atoms with Crippen LogP contribution in [0.25, 0.3) is 0 Å². The van der Waals surface area contributed by atoms with Gasteiger partial charge in [-0.3, -0.25) is 0 Å². The molecule has 0 radical (unpaired) electrons. The van der Waals surface area contributed by atoms with Gasteiger partial charge in [0.1, 0.15) is 5.15 Å². The fraction of sp³-hybridized carbons (Fsp3) is 0.375. The molecule has 0 saturated carbocycles. The number of anilines is 1. The number of ether oxygens (including phenoxy) is 2. The molecule has 2 N–H and O–H groups in total. The Hall–Kier alpha value is -2.01. The topological polar surface area (TPSA) is 70.3 Å². The Balaban J connectivity index is 2.48. The molecule has 0 saturated heterocycles. The summed E-state index contributed by atoms with van der Waals surface area (Å²) in [5, 5.41) is 0.372. The normalized spacial score (nSPS) is 10.8. The van der Waals surface area contributed by atoms with Crippen LogP contribution in [0.1, 0.15) is 36.5 Å². The molecule has 0 bridgehead atoms. The molecular formula is C16H20ClN3O2. The third-order valence-electron chi connectivity index (χ3n) is 3.48. The van der Waals surface area contributed by atoms with Gasteiger partial charge >= 0.3 is 0 Å². The number of hydrogen-bond donors (Lipinski definition) is 1. The summed E-state index contributed by atoms with van der Waals surface area (Å²) in [7, 11) is 3.25. The lowest BCUT2D eigenvalue weighted by Gasteiger charge is -2.17. The molecule has 6 heteroatoms. The van der Waals surface area contributed by atoms with Crippen molar-refractivity contribution in [2.75, 3.05) is 20.0 Å². The minimum atomic E-state index is 0.171. The first kappa shape index (κ1) is 16.4. The van der Waals surface area contributed by atoms with Gasteiger partial charge < -0.3 is 15.2 Å². The third-order valence-corrected chi connectivity index (χ3v) is 3.81. The number of rotatable bonds is 5. The van der Waals surface area contributed by atoms with Gasteiger partial charge in [0.2, 0.25) is 5.95 Å². The maximum Gasteiger partial charge on any atom is 0.221 e. The number of halogens is 1. The zero-order valence-corrected chi connectivity index (χ0v) is 13.9. The van der Waals surface area contributed by atoms with Crippen molar-refractivity contribution in [3.8, 4) is 11.5 Å². The lowest BCUT2D eigenvalue weighted by molar-refractivity contribution is 0.354. The minimum Gasteiger partial charge on any atom is -0.493 e. The monoisotopic (exact) mass is 321 g/mol. The highest BCUT2D eigenvalue weighted by Gasteiger charge is 2.15. The lowest BCUT2D eigenvalue weighted by atomic mass is 9.93. The van der Waals surface area contributed by atoms with E-state index >= 15 is 0 Å². The van der Waals surface area contributed by atoms with Crippen LogP contribution in [-0.2, 0) is 6.42 Å². The van der Waals surface area contributed by atoms with Crippen molar-refractivity contribution in [3.05, 3.63) is 40.2 Å². The molecule has 118 valence electrons. The molecule has 2 aromatic rings. The first-order chi connectivity index (χ1) is 10.5. The smallest absolute Gasteiger partial charge is 0.221 e. The molecule has 1 aromatic carbocycles. The molecule has 0 aliphatic rings. The lowest BCUT2D eigenvalue weighted by Crippen LogP contribution is -2.03. The van der Waals surface area contributed by atoms with Crippen LogP contribution in [0.5, 0.6) is 11.5 Å². The van der Waals surface area contributed by atoms with Crippen LogP contribution in [0.15, 0.2) is 18.3 Å². The van der Waals surface area contributed by atoms with Crippen LogP contribution in [0.2, 0.25) is 5.15 Å². The molecule has 0 spiro atoms. The highest BCUT2D eigenvalue weighted by Crippen LogP contribution is 2.35. The van der Waals surface area contributed by atoms with Gasteiger partial charge in [0, 0.05) is 18.2 Å². The number of nitrogens with zero attached hydrogens (tertiary/aromatic N) is 2. The second kappa shape index (κ2) is 6.83. The Morgan fingerprint density at radius 3 is 2.32 bits per heavy atom. The van der Waals surface area contributed by atoms with Crippen molar-refractivity contribution < 1.29 is 9.47 Å². The quantitative estimate of drug-likeness (QED) is 0.854. The van der Waals surface area contributed by atoms with E-state index in [1.807, 2.05) is 12.1 Å². The van der Waals surface area contributed by atoms with Gasteiger partial charge in [-0.05, 0) is 29.2 Å². The van der Waals surface area contributed by atoms with Crippen LogP contribution in [-0.4, -0.2) is 24.2 Å². The van der Waals surface area contributed by atoms with Crippen molar-refractivity contribution in [2.45, 2.75) is 26.2 Å². The van der Waals surface area contributed by atoms with Crippen LogP contribution >= 0.6 is 11.6 Å². The van der Waals surface area contributed by atoms with Crippen molar-refractivity contribution in [2.24, 2.45) is 0 Å². The largest absolute Gasteiger partial charge is 0.493 e. The molecule has 0 aliphatic heterocycles. The van der Waals surface area contributed by atoms with E-state index < -0.39 is 0 Å². The molecule has 1 aromatic heterocycles. The summed E-state index contributed by atoms with van der Waals surface area (Å²) >= 11 is 6.16. The maximum absolute atomic E-state index is 6.16. The van der Waals surface area contributed by atoms with Gasteiger partial charge in [-0.15, -0.1) is 0 Å². The van der Waals surface area contributed by atoms with Crippen LogP contribution in [0.3, 0.4) is 0 Å². The molecule has 0 amide bonds. The Labute approximate surface area is 135 Å². The molecular weight excluding hydrogens is 302 g/mol. The number of methoxy groups -OCH3 is 2. The van der Waals surface area contributed by atoms with Gasteiger partial charge in [-0.1, -0.05) is 25.4 Å². The number of benzene rings is 1. The minimum absolute atomic E-state index is 0.171. The Bertz CT molecular complexity index is 675. The number of nitrogens with two attached hydrogens (primary N) is 1. The molecule has 5 nitrogen and oxygen atoms in total. The predicted molar refractivity (Wildman–Crippen MR) is 87.9 cm³/mol. The molecule has 0 aliphatic carbocycles. The van der Waals surface area contributed by atoms with Crippen molar-refractivity contribution in [3.63, 3.8) is 0 Å². The van der Waals surface area contributed by atoms with Gasteiger partial charge in [-0.25, -0.2) is 9.97 Å². The van der Waals surface area contributed by atoms with E-state index in [1.54, 1.807) is 20.4 Å². The summed E-state index contributed by atoms with van der Waals surface area (Å²) in [6, 6.07) is 3.98. The molecule has 0 fully saturated rings. The first-order valence-corrected chi connectivity index (χ1v) is 7.35. The number of aromatic nitrogens is 2. The van der Waals surface area contributed by atoms with Gasteiger partial charge in [0.15, 0.2) is 11.5 Å². The van der Waals surface area contributed by atoms with Gasteiger partial charge in [0.05, 0.1) is 14.2 Å². The predicted octanol–water partition coefficient (Wildman–Crippen LogP) is 3.44. The van der Waals surface area contributed by atoms with Crippen molar-refractivity contribution >= 4 is 17.5 Å². The summed E-state index contributed by atoms with van der Waals surface area (Å²) < 4.78 is 10.8. The van der Waals surface area contributed by atoms with E-state index in [0.29, 0.717) is 23.2 Å². The third kappa shape index (κ3) is 3.42. The van der Waals surface area contributed by atoms with Gasteiger partial charge in [0.25, 0.3) is 0 Å². The fourth-order valence-corrected chi connectivity index (χ4v) is 2.55. The first-order valence-electron chi connectivity index (χ1n) is 6.98. The highest BCUT2D eigenvalue weighted by molar-refractivity contribution is 6.30. The second-order valence-corrected chi connectivity index (χ2v) is 5.64. The maximum atomic E-state index is 6.16. The van der Waals surface area contributed by atoms with E-state index in [0.717, 1.165) is 16.9 Å². The average molecular weight is 322 g/mol. The molecule has 1 heterocycles. The van der Waals surface area contributed by atoms with E-state index in [9.17, 15) is 0 Å². The highest BCUT2D eigenvalue weighted by atomic mass is 35.5. The summed E-state index contributed by atoms with van der Waals surface area (Å²) in [4.78, 5) is 8.01. The summed E-state index contributed by atoms with van der Waals surface area (Å²) in [6.07, 6.45) is 2.26. The number of nitrogen functional groups attached to an aromatic ring is 1. The van der Waals surface area contributed by atoms with Crippen LogP contribution in [0, 0.1) is 0 Å². The second-order valence-electron chi connectivity index (χ2n) is 5.28. The fourth-order valence-electron chi connectivity index (χ4n) is 2.35. The Morgan fingerprint density at radius 1 is 1.14 bits per heavy atom. The molecule has 22 heavy (non-hydrogen) atoms. The molecule has 0 unspecified atom stereocenters. The summed E-state index contributed by atoms with van der Waals surface area (Å²) in [6.45, 7) is 4.26. The zero-order valence-electron chi connectivity index (χ0n) is 13.2. The zero-order chi connectivity index (χ0) is 16.3. The summed E-state index contributed by atoms with van der Waals surface area (Å²) in [5.74, 6) is 1.91. The number of hydrogen-bond acceptors (Lipinski definition) is 5. The van der Waals surface area contributed by atoms with Crippen molar-refractivity contribution in [1.82, 2.24) is 9.97 Å². The Morgan fingerprint density at radius 2 is 1.77 bits per heavy atom. The van der Waals surface area contributed by atoms with Crippen LogP contribution in [0.4, 0.5) is 5.95 Å². The van der Waals surface area contributed by atoms with E-state index in [-0.39, 0.29) is 5.95 Å². The molecule has 2 rings (SSSR count). The average Bonchev–Trinajstić information content (AvgIpc) is 2.49. The van der Waals surface area contributed by atoms with E-state index in [1.165, 1.54) is 5.56 Å². The summed E-state index contributed by atoms with van der Waals surface area (Å²) in [5.41, 5.74) is 8.64.